The van der Waals surface area contributed by atoms with E-state index in [2.05, 4.69) is 18.7 Å². The Hall–Kier alpha value is -0.370. The topological polar surface area (TPSA) is 20.3 Å². The van der Waals surface area contributed by atoms with E-state index in [1.165, 1.54) is 44.9 Å². The number of hydrogen-bond acceptors (Lipinski definition) is 2. The average molecular weight is 237 g/mol. The summed E-state index contributed by atoms with van der Waals surface area (Å²) >= 11 is 0. The van der Waals surface area contributed by atoms with Crippen LogP contribution in [0.2, 0.25) is 0 Å². The highest BCUT2D eigenvalue weighted by Gasteiger charge is 2.36. The average Bonchev–Trinajstić information content (AvgIpc) is 3.13. The third-order valence-corrected chi connectivity index (χ3v) is 4.54. The van der Waals surface area contributed by atoms with Gasteiger partial charge >= 0.3 is 0 Å². The summed E-state index contributed by atoms with van der Waals surface area (Å²) in [5.74, 6) is 0.921. The lowest BCUT2D eigenvalue weighted by Gasteiger charge is -2.39. The molecular formula is C15H27NO. The number of rotatable bonds is 6. The van der Waals surface area contributed by atoms with Crippen LogP contribution in [-0.4, -0.2) is 30.3 Å². The molecule has 2 rings (SSSR count). The third kappa shape index (κ3) is 3.54. The smallest absolute Gasteiger partial charge is 0.127 e. The summed E-state index contributed by atoms with van der Waals surface area (Å²) in [6.45, 7) is 6.76. The van der Waals surface area contributed by atoms with Crippen molar-refractivity contribution in [3.63, 3.8) is 0 Å². The highest BCUT2D eigenvalue weighted by Crippen LogP contribution is 2.37. The van der Waals surface area contributed by atoms with Gasteiger partial charge in [0.2, 0.25) is 0 Å². The Balaban J connectivity index is 1.95. The van der Waals surface area contributed by atoms with Crippen LogP contribution in [0, 0.1) is 11.3 Å². The lowest BCUT2D eigenvalue weighted by molar-refractivity contribution is -0.119. The molecule has 0 amide bonds. The van der Waals surface area contributed by atoms with Gasteiger partial charge in [0.15, 0.2) is 0 Å². The van der Waals surface area contributed by atoms with Crippen LogP contribution in [0.3, 0.4) is 0 Å². The molecule has 17 heavy (non-hydrogen) atoms. The Morgan fingerprint density at radius 2 is 1.88 bits per heavy atom. The minimum atomic E-state index is -0.0165. The molecule has 0 N–H and O–H groups in total. The maximum Gasteiger partial charge on any atom is 0.127 e. The van der Waals surface area contributed by atoms with Crippen LogP contribution in [0.25, 0.3) is 0 Å². The number of aldehydes is 1. The highest BCUT2D eigenvalue weighted by molar-refractivity contribution is 5.60. The second-order valence-electron chi connectivity index (χ2n) is 6.51. The van der Waals surface area contributed by atoms with Gasteiger partial charge in [-0.1, -0.05) is 19.3 Å². The fourth-order valence-corrected chi connectivity index (χ4v) is 3.06. The van der Waals surface area contributed by atoms with Gasteiger partial charge in [0.05, 0.1) is 0 Å². The molecular weight excluding hydrogens is 210 g/mol. The van der Waals surface area contributed by atoms with E-state index in [1.54, 1.807) is 0 Å². The van der Waals surface area contributed by atoms with E-state index in [0.717, 1.165) is 25.3 Å². The monoisotopic (exact) mass is 237 g/mol. The first-order valence-electron chi connectivity index (χ1n) is 7.36. The van der Waals surface area contributed by atoms with Crippen LogP contribution in [0.15, 0.2) is 0 Å². The minimum Gasteiger partial charge on any atom is -0.303 e. The molecule has 0 aromatic heterocycles. The van der Waals surface area contributed by atoms with Gasteiger partial charge in [-0.2, -0.15) is 0 Å². The number of hydrogen-bond donors (Lipinski definition) is 0. The van der Waals surface area contributed by atoms with Gasteiger partial charge in [0.25, 0.3) is 0 Å². The van der Waals surface area contributed by atoms with E-state index in [4.69, 9.17) is 0 Å². The summed E-state index contributed by atoms with van der Waals surface area (Å²) in [6.07, 6.45) is 10.1. The van der Waals surface area contributed by atoms with Crippen molar-refractivity contribution in [3.8, 4) is 0 Å². The zero-order chi connectivity index (χ0) is 12.3. The molecule has 0 aromatic rings. The molecule has 0 saturated heterocycles. The van der Waals surface area contributed by atoms with Gasteiger partial charge in [-0.3, -0.25) is 4.90 Å². The maximum absolute atomic E-state index is 11.5. The van der Waals surface area contributed by atoms with Crippen molar-refractivity contribution in [1.82, 2.24) is 4.90 Å². The molecule has 2 aliphatic carbocycles. The first kappa shape index (κ1) is 13.1. The molecule has 2 fully saturated rings. The van der Waals surface area contributed by atoms with E-state index in [9.17, 15) is 4.79 Å². The fraction of sp³-hybridized carbons (Fsp3) is 0.933. The Morgan fingerprint density at radius 1 is 1.24 bits per heavy atom. The standard InChI is InChI=1S/C15H27NO/c1-13(2)16(10-14-6-7-14)11-15(12-17)8-4-3-5-9-15/h12-14H,3-11H2,1-2H3. The van der Waals surface area contributed by atoms with Crippen LogP contribution >= 0.6 is 0 Å². The lowest BCUT2D eigenvalue weighted by atomic mass is 9.74. The number of carbonyl (C=O) groups is 1. The molecule has 0 heterocycles. The van der Waals surface area contributed by atoms with Gasteiger partial charge in [-0.05, 0) is 45.4 Å². The minimum absolute atomic E-state index is 0.0165. The Kier molecular flexibility index (Phi) is 4.24. The predicted octanol–water partition coefficient (Wildman–Crippen LogP) is 3.26. The molecule has 0 unspecified atom stereocenters. The van der Waals surface area contributed by atoms with Crippen molar-refractivity contribution >= 4 is 6.29 Å². The molecule has 2 heteroatoms. The molecule has 0 aliphatic heterocycles. The van der Waals surface area contributed by atoms with Crippen LogP contribution in [0.4, 0.5) is 0 Å². The van der Waals surface area contributed by atoms with Crippen LogP contribution in [-0.2, 0) is 4.79 Å². The molecule has 0 radical (unpaired) electrons. The summed E-state index contributed by atoms with van der Waals surface area (Å²) in [5, 5.41) is 0. The van der Waals surface area contributed by atoms with Gasteiger partial charge in [-0.25, -0.2) is 0 Å². The molecule has 2 aliphatic rings. The Labute approximate surface area is 106 Å². The summed E-state index contributed by atoms with van der Waals surface area (Å²) in [4.78, 5) is 14.1. The number of carbonyl (C=O) groups excluding carboxylic acids is 1. The second-order valence-corrected chi connectivity index (χ2v) is 6.51. The van der Waals surface area contributed by atoms with Crippen LogP contribution in [0.5, 0.6) is 0 Å². The molecule has 2 saturated carbocycles. The predicted molar refractivity (Wildman–Crippen MR) is 71.0 cm³/mol. The van der Waals surface area contributed by atoms with E-state index < -0.39 is 0 Å². The largest absolute Gasteiger partial charge is 0.303 e. The van der Waals surface area contributed by atoms with Crippen molar-refractivity contribution < 1.29 is 4.79 Å². The molecule has 98 valence electrons. The van der Waals surface area contributed by atoms with E-state index in [0.29, 0.717) is 6.04 Å². The van der Waals surface area contributed by atoms with Crippen molar-refractivity contribution in [2.24, 2.45) is 11.3 Å². The SMILES string of the molecule is CC(C)N(CC1CC1)CC1(C=O)CCCCC1. The van der Waals surface area contributed by atoms with Gasteiger partial charge in [0.1, 0.15) is 6.29 Å². The highest BCUT2D eigenvalue weighted by atomic mass is 16.1. The first-order valence-corrected chi connectivity index (χ1v) is 7.36. The summed E-state index contributed by atoms with van der Waals surface area (Å²) in [5.41, 5.74) is -0.0165. The molecule has 0 bridgehead atoms. The summed E-state index contributed by atoms with van der Waals surface area (Å²) in [6, 6.07) is 0.578. The molecule has 2 nitrogen and oxygen atoms in total. The van der Waals surface area contributed by atoms with Crippen LogP contribution in [0.1, 0.15) is 58.8 Å². The van der Waals surface area contributed by atoms with E-state index >= 15 is 0 Å². The van der Waals surface area contributed by atoms with Gasteiger partial charge < -0.3 is 4.79 Å². The van der Waals surface area contributed by atoms with E-state index in [-0.39, 0.29) is 5.41 Å². The van der Waals surface area contributed by atoms with Crippen LogP contribution < -0.4 is 0 Å². The molecule has 0 spiro atoms. The third-order valence-electron chi connectivity index (χ3n) is 4.54. The van der Waals surface area contributed by atoms with Crippen molar-refractivity contribution in [1.29, 1.82) is 0 Å². The Bertz CT molecular complexity index is 252. The summed E-state index contributed by atoms with van der Waals surface area (Å²) < 4.78 is 0. The van der Waals surface area contributed by atoms with Crippen molar-refractivity contribution in [2.75, 3.05) is 13.1 Å². The lowest BCUT2D eigenvalue weighted by Crippen LogP contribution is -2.44. The normalized spacial score (nSPS) is 24.2. The van der Waals surface area contributed by atoms with E-state index in [1.807, 2.05) is 0 Å². The maximum atomic E-state index is 11.5. The van der Waals surface area contributed by atoms with Crippen molar-refractivity contribution in [3.05, 3.63) is 0 Å². The van der Waals surface area contributed by atoms with Gasteiger partial charge in [-0.15, -0.1) is 0 Å². The van der Waals surface area contributed by atoms with Crippen molar-refractivity contribution in [2.45, 2.75) is 64.8 Å². The Morgan fingerprint density at radius 3 is 2.35 bits per heavy atom. The first-order chi connectivity index (χ1) is 8.15. The quantitative estimate of drug-likeness (QED) is 0.661. The summed E-state index contributed by atoms with van der Waals surface area (Å²) in [7, 11) is 0. The second kappa shape index (κ2) is 5.51. The zero-order valence-electron chi connectivity index (χ0n) is 11.5. The number of nitrogens with zero attached hydrogens (tertiary/aromatic N) is 1. The molecule has 0 aromatic carbocycles. The van der Waals surface area contributed by atoms with Gasteiger partial charge in [0, 0.05) is 24.5 Å². The zero-order valence-corrected chi connectivity index (χ0v) is 11.5. The fourth-order valence-electron chi connectivity index (χ4n) is 3.06. The molecule has 0 atom stereocenters.